The van der Waals surface area contributed by atoms with E-state index in [1.807, 2.05) is 24.3 Å². The van der Waals surface area contributed by atoms with Crippen LogP contribution in [0.25, 0.3) is 0 Å². The second-order valence-corrected chi connectivity index (χ2v) is 7.77. The maximum Gasteiger partial charge on any atom is 0.198 e. The number of nitrogens with zero attached hydrogens (tertiary/aromatic N) is 4. The van der Waals surface area contributed by atoms with Gasteiger partial charge in [0.25, 0.3) is 0 Å². The van der Waals surface area contributed by atoms with E-state index in [2.05, 4.69) is 61.6 Å². The first kappa shape index (κ1) is 24.0. The van der Waals surface area contributed by atoms with E-state index in [1.165, 1.54) is 0 Å². The summed E-state index contributed by atoms with van der Waals surface area (Å²) in [6, 6.07) is 11.3. The van der Waals surface area contributed by atoms with Crippen molar-refractivity contribution in [3.63, 3.8) is 0 Å². The maximum absolute atomic E-state index is 14.1. The molecule has 0 atom stereocenters. The third kappa shape index (κ3) is 3.93. The van der Waals surface area contributed by atoms with Crippen molar-refractivity contribution in [1.29, 1.82) is 0 Å². The smallest absolute Gasteiger partial charge is 0.198 e. The molecule has 6 nitrogen and oxygen atoms in total. The molecule has 0 heterocycles. The second kappa shape index (κ2) is 10.3. The molecule has 0 N–H and O–H groups in total. The first-order valence-electron chi connectivity index (χ1n) is 11.9. The molecule has 0 spiro atoms. The topological polar surface area (TPSA) is 47.1 Å². The molecule has 32 heavy (non-hydrogen) atoms. The summed E-state index contributed by atoms with van der Waals surface area (Å²) in [4.78, 5) is 27.7. The fourth-order valence-electron chi connectivity index (χ4n) is 4.81. The van der Waals surface area contributed by atoms with Crippen LogP contribution >= 0.6 is 0 Å². The molecule has 2 aromatic carbocycles. The highest BCUT2D eigenvalue weighted by Gasteiger charge is 2.36. The van der Waals surface area contributed by atoms with Gasteiger partial charge in [0.15, 0.2) is 11.6 Å². The minimum atomic E-state index is -0.0792. The van der Waals surface area contributed by atoms with Gasteiger partial charge in [0, 0.05) is 50.4 Å². The summed E-state index contributed by atoms with van der Waals surface area (Å²) in [6.07, 6.45) is 0. The largest absolute Gasteiger partial charge is 0.305 e. The number of rotatable bonds is 10. The van der Waals surface area contributed by atoms with Gasteiger partial charge in [-0.05, 0) is 26.0 Å². The Kier molecular flexibility index (Phi) is 7.69. The van der Waals surface area contributed by atoms with Crippen molar-refractivity contribution in [2.45, 2.75) is 41.5 Å². The average molecular weight is 437 g/mol. The Hall–Kier alpha value is -2.70. The van der Waals surface area contributed by atoms with Gasteiger partial charge in [0.05, 0.1) is 22.5 Å². The van der Waals surface area contributed by atoms with Crippen LogP contribution in [0, 0.1) is 0 Å². The highest BCUT2D eigenvalue weighted by Crippen LogP contribution is 2.38. The molecule has 1 aliphatic carbocycles. The second-order valence-electron chi connectivity index (χ2n) is 7.77. The van der Waals surface area contributed by atoms with Crippen molar-refractivity contribution in [1.82, 2.24) is 10.0 Å². The van der Waals surface area contributed by atoms with Gasteiger partial charge >= 0.3 is 0 Å². The van der Waals surface area contributed by atoms with Crippen LogP contribution in [0.2, 0.25) is 0 Å². The Bertz CT molecular complexity index is 904. The number of hydrogen-bond acceptors (Lipinski definition) is 6. The Morgan fingerprint density at radius 2 is 0.906 bits per heavy atom. The molecule has 0 aliphatic heterocycles. The van der Waals surface area contributed by atoms with E-state index in [4.69, 9.17) is 0 Å². The first-order valence-corrected chi connectivity index (χ1v) is 11.9. The summed E-state index contributed by atoms with van der Waals surface area (Å²) in [7, 11) is 0. The lowest BCUT2D eigenvalue weighted by atomic mass is 9.82. The highest BCUT2D eigenvalue weighted by molar-refractivity contribution is 6.31. The van der Waals surface area contributed by atoms with Gasteiger partial charge < -0.3 is 10.0 Å². The molecule has 3 rings (SSSR count). The fourth-order valence-corrected chi connectivity index (χ4v) is 4.81. The number of anilines is 2. The SMILES string of the molecule is CCN(CC)N(CC)c1cccc2c1C(=O)c1c(cccc1N(CC)N(CC)CC)C2=O. The molecule has 0 bridgehead atoms. The Morgan fingerprint density at radius 1 is 0.531 bits per heavy atom. The van der Waals surface area contributed by atoms with Crippen LogP contribution in [-0.4, -0.2) is 60.9 Å². The molecule has 0 radical (unpaired) electrons. The molecule has 0 unspecified atom stereocenters. The van der Waals surface area contributed by atoms with Gasteiger partial charge in [-0.2, -0.15) is 0 Å². The average Bonchev–Trinajstić information content (AvgIpc) is 2.83. The van der Waals surface area contributed by atoms with Gasteiger partial charge in [0.1, 0.15) is 0 Å². The molecule has 0 saturated carbocycles. The zero-order valence-electron chi connectivity index (χ0n) is 20.3. The summed E-state index contributed by atoms with van der Waals surface area (Å²) in [5.41, 5.74) is 3.63. The van der Waals surface area contributed by atoms with E-state index < -0.39 is 0 Å². The maximum atomic E-state index is 14.1. The minimum Gasteiger partial charge on any atom is -0.305 e. The first-order chi connectivity index (χ1) is 15.5. The number of benzene rings is 2. The van der Waals surface area contributed by atoms with E-state index >= 15 is 0 Å². The number of carbonyl (C=O) groups is 2. The van der Waals surface area contributed by atoms with E-state index in [0.29, 0.717) is 35.3 Å². The Morgan fingerprint density at radius 3 is 1.22 bits per heavy atom. The van der Waals surface area contributed by atoms with E-state index in [0.717, 1.165) is 37.6 Å². The number of fused-ring (bicyclic) bond motifs is 2. The molecule has 172 valence electrons. The van der Waals surface area contributed by atoms with Gasteiger partial charge in [0.2, 0.25) is 0 Å². The standard InChI is InChI=1S/C26H36N4O2/c1-7-27(8-2)29(11-5)21-17-13-15-19-23(21)26(32)24-20(25(19)31)16-14-18-22(24)30(12-6)28(9-3)10-4/h13-18H,7-12H2,1-6H3. The van der Waals surface area contributed by atoms with E-state index in [-0.39, 0.29) is 11.6 Å². The molecule has 0 amide bonds. The summed E-state index contributed by atoms with van der Waals surface area (Å²) in [5, 5.41) is 8.64. The predicted molar refractivity (Wildman–Crippen MR) is 132 cm³/mol. The van der Waals surface area contributed by atoms with Gasteiger partial charge in [-0.25, -0.2) is 10.0 Å². The van der Waals surface area contributed by atoms with Crippen LogP contribution < -0.4 is 10.0 Å². The highest BCUT2D eigenvalue weighted by atomic mass is 16.1. The summed E-state index contributed by atoms with van der Waals surface area (Å²) >= 11 is 0. The quantitative estimate of drug-likeness (QED) is 0.432. The zero-order chi connectivity index (χ0) is 23.4. The van der Waals surface area contributed by atoms with Crippen molar-refractivity contribution in [2.24, 2.45) is 0 Å². The van der Waals surface area contributed by atoms with Crippen LogP contribution in [0.1, 0.15) is 73.4 Å². The third-order valence-corrected chi connectivity index (χ3v) is 6.33. The molecule has 0 fully saturated rings. The molecular formula is C26H36N4O2. The normalized spacial score (nSPS) is 12.9. The van der Waals surface area contributed by atoms with Crippen LogP contribution in [-0.2, 0) is 0 Å². The van der Waals surface area contributed by atoms with Crippen molar-refractivity contribution in [3.05, 3.63) is 58.7 Å². The van der Waals surface area contributed by atoms with Gasteiger partial charge in [-0.1, -0.05) is 52.0 Å². The van der Waals surface area contributed by atoms with Crippen LogP contribution in [0.4, 0.5) is 11.4 Å². The van der Waals surface area contributed by atoms with E-state index in [9.17, 15) is 9.59 Å². The molecule has 0 saturated heterocycles. The predicted octanol–water partition coefficient (Wildman–Crippen LogP) is 4.63. The number of hydrazine groups is 2. The number of carbonyl (C=O) groups excluding carboxylic acids is 2. The lowest BCUT2D eigenvalue weighted by Gasteiger charge is -2.38. The van der Waals surface area contributed by atoms with Gasteiger partial charge in [-0.15, -0.1) is 0 Å². The number of hydrogen-bond donors (Lipinski definition) is 0. The molecular weight excluding hydrogens is 400 g/mol. The Balaban J connectivity index is 2.24. The lowest BCUT2D eigenvalue weighted by Crippen LogP contribution is -2.45. The molecule has 1 aliphatic rings. The molecule has 0 aromatic heterocycles. The summed E-state index contributed by atoms with van der Waals surface area (Å²) in [5.74, 6) is -0.151. The van der Waals surface area contributed by atoms with Crippen LogP contribution in [0.3, 0.4) is 0 Å². The Labute approximate surface area is 192 Å². The van der Waals surface area contributed by atoms with Crippen molar-refractivity contribution >= 4 is 22.9 Å². The van der Waals surface area contributed by atoms with Crippen molar-refractivity contribution in [3.8, 4) is 0 Å². The third-order valence-electron chi connectivity index (χ3n) is 6.33. The monoisotopic (exact) mass is 436 g/mol. The van der Waals surface area contributed by atoms with Gasteiger partial charge in [-0.3, -0.25) is 9.59 Å². The fraction of sp³-hybridized carbons (Fsp3) is 0.462. The zero-order valence-corrected chi connectivity index (χ0v) is 20.3. The van der Waals surface area contributed by atoms with Crippen LogP contribution in [0.15, 0.2) is 36.4 Å². The number of ketones is 2. The molecule has 6 heteroatoms. The van der Waals surface area contributed by atoms with Crippen LogP contribution in [0.5, 0.6) is 0 Å². The van der Waals surface area contributed by atoms with Crippen molar-refractivity contribution < 1.29 is 9.59 Å². The van der Waals surface area contributed by atoms with E-state index in [1.54, 1.807) is 12.1 Å². The summed E-state index contributed by atoms with van der Waals surface area (Å²) in [6.45, 7) is 17.3. The lowest BCUT2D eigenvalue weighted by molar-refractivity contribution is 0.0978. The minimum absolute atomic E-state index is 0.0722. The van der Waals surface area contributed by atoms with Crippen molar-refractivity contribution in [2.75, 3.05) is 49.3 Å². The summed E-state index contributed by atoms with van der Waals surface area (Å²) < 4.78 is 0. The molecule has 2 aromatic rings.